The fourth-order valence-corrected chi connectivity index (χ4v) is 2.42. The second-order valence-corrected chi connectivity index (χ2v) is 5.95. The Labute approximate surface area is 131 Å². The van der Waals surface area contributed by atoms with Crippen molar-refractivity contribution >= 4 is 34.5 Å². The highest BCUT2D eigenvalue weighted by molar-refractivity contribution is 7.09. The van der Waals surface area contributed by atoms with Gasteiger partial charge in [-0.05, 0) is 12.1 Å². The molecule has 1 atom stereocenters. The van der Waals surface area contributed by atoms with Gasteiger partial charge in [0.2, 0.25) is 0 Å². The first-order chi connectivity index (χ1) is 9.65. The van der Waals surface area contributed by atoms with Crippen LogP contribution in [0.2, 0.25) is 10.0 Å². The van der Waals surface area contributed by atoms with Crippen LogP contribution >= 0.6 is 34.5 Å². The van der Waals surface area contributed by atoms with Crippen molar-refractivity contribution in [2.75, 3.05) is 13.2 Å². The lowest BCUT2D eigenvalue weighted by molar-refractivity contribution is 0.106. The van der Waals surface area contributed by atoms with Gasteiger partial charge in [0.25, 0.3) is 0 Å². The first kappa shape index (κ1) is 15.5. The minimum absolute atomic E-state index is 0.149. The first-order valence-corrected chi connectivity index (χ1v) is 7.62. The molecule has 0 fully saturated rings. The highest BCUT2D eigenvalue weighted by Gasteiger charge is 2.08. The van der Waals surface area contributed by atoms with Crippen LogP contribution in [0.25, 0.3) is 0 Å². The zero-order valence-corrected chi connectivity index (χ0v) is 12.9. The van der Waals surface area contributed by atoms with Crippen LogP contribution < -0.4 is 10.1 Å². The standard InChI is InChI=1S/C13H14Cl2N2O2S/c14-9-1-2-12(15)13(3-9)19-7-10(18)4-16-5-11-6-17-8-20-11/h1-3,6,8,10,16,18H,4-5,7H2. The van der Waals surface area contributed by atoms with Crippen molar-refractivity contribution in [2.24, 2.45) is 0 Å². The number of nitrogens with zero attached hydrogens (tertiary/aromatic N) is 1. The molecule has 0 bridgehead atoms. The average molecular weight is 333 g/mol. The molecular weight excluding hydrogens is 319 g/mol. The third kappa shape index (κ3) is 4.92. The Morgan fingerprint density at radius 1 is 1.40 bits per heavy atom. The Hall–Kier alpha value is -0.850. The molecule has 2 rings (SSSR count). The van der Waals surface area contributed by atoms with Crippen LogP contribution in [0.4, 0.5) is 0 Å². The zero-order valence-electron chi connectivity index (χ0n) is 10.6. The van der Waals surface area contributed by atoms with Gasteiger partial charge >= 0.3 is 0 Å². The lowest BCUT2D eigenvalue weighted by Gasteiger charge is -2.14. The number of halogens is 2. The highest BCUT2D eigenvalue weighted by atomic mass is 35.5. The zero-order chi connectivity index (χ0) is 14.4. The van der Waals surface area contributed by atoms with E-state index in [2.05, 4.69) is 10.3 Å². The van der Waals surface area contributed by atoms with Gasteiger partial charge in [-0.25, -0.2) is 0 Å². The van der Waals surface area contributed by atoms with Crippen LogP contribution in [0.1, 0.15) is 4.88 Å². The number of aromatic nitrogens is 1. The molecular formula is C13H14Cl2N2O2S. The lowest BCUT2D eigenvalue weighted by atomic mass is 10.3. The van der Waals surface area contributed by atoms with Crippen molar-refractivity contribution in [1.82, 2.24) is 10.3 Å². The molecule has 2 aromatic rings. The summed E-state index contributed by atoms with van der Waals surface area (Å²) in [7, 11) is 0. The third-order valence-corrected chi connectivity index (χ3v) is 3.81. The summed E-state index contributed by atoms with van der Waals surface area (Å²) in [6, 6.07) is 4.97. The minimum atomic E-state index is -0.627. The number of ether oxygens (including phenoxy) is 1. The minimum Gasteiger partial charge on any atom is -0.489 e. The predicted molar refractivity (Wildman–Crippen MR) is 81.8 cm³/mol. The van der Waals surface area contributed by atoms with Gasteiger partial charge in [-0.2, -0.15) is 0 Å². The van der Waals surface area contributed by atoms with E-state index in [1.165, 1.54) is 0 Å². The monoisotopic (exact) mass is 332 g/mol. The Morgan fingerprint density at radius 3 is 3.00 bits per heavy atom. The van der Waals surface area contributed by atoms with E-state index in [-0.39, 0.29) is 6.61 Å². The van der Waals surface area contributed by atoms with Crippen molar-refractivity contribution in [3.63, 3.8) is 0 Å². The van der Waals surface area contributed by atoms with Gasteiger partial charge in [0, 0.05) is 35.3 Å². The number of benzene rings is 1. The van der Waals surface area contributed by atoms with Gasteiger partial charge in [-0.3, -0.25) is 4.98 Å². The summed E-state index contributed by atoms with van der Waals surface area (Å²) in [4.78, 5) is 5.10. The van der Waals surface area contributed by atoms with E-state index in [0.29, 0.717) is 28.9 Å². The van der Waals surface area contributed by atoms with Crippen LogP contribution in [0.15, 0.2) is 29.9 Å². The molecule has 1 unspecified atom stereocenters. The molecule has 0 aliphatic rings. The molecule has 4 nitrogen and oxygen atoms in total. The van der Waals surface area contributed by atoms with Gasteiger partial charge in [-0.15, -0.1) is 11.3 Å². The summed E-state index contributed by atoms with van der Waals surface area (Å²) in [6.07, 6.45) is 1.17. The summed E-state index contributed by atoms with van der Waals surface area (Å²) in [5, 5.41) is 14.0. The Morgan fingerprint density at radius 2 is 2.25 bits per heavy atom. The van der Waals surface area contributed by atoms with Crippen LogP contribution in [0, 0.1) is 0 Å². The van der Waals surface area contributed by atoms with Gasteiger partial charge in [0.1, 0.15) is 18.5 Å². The number of aliphatic hydroxyl groups is 1. The van der Waals surface area contributed by atoms with Gasteiger partial charge < -0.3 is 15.2 Å². The Bertz CT molecular complexity index is 537. The van der Waals surface area contributed by atoms with E-state index in [4.69, 9.17) is 27.9 Å². The van der Waals surface area contributed by atoms with E-state index in [0.717, 1.165) is 4.88 Å². The number of nitrogens with one attached hydrogen (secondary N) is 1. The molecule has 0 radical (unpaired) electrons. The average Bonchev–Trinajstić information content (AvgIpc) is 2.93. The summed E-state index contributed by atoms with van der Waals surface area (Å²) < 4.78 is 5.45. The van der Waals surface area contributed by atoms with Gasteiger partial charge in [0.05, 0.1) is 10.5 Å². The van der Waals surface area contributed by atoms with Crippen LogP contribution in [-0.2, 0) is 6.54 Å². The predicted octanol–water partition coefficient (Wildman–Crippen LogP) is 2.98. The van der Waals surface area contributed by atoms with Crippen molar-refractivity contribution in [3.8, 4) is 5.75 Å². The smallest absolute Gasteiger partial charge is 0.139 e. The molecule has 0 aliphatic heterocycles. The van der Waals surface area contributed by atoms with Crippen LogP contribution in [0.5, 0.6) is 5.75 Å². The molecule has 0 aliphatic carbocycles. The number of hydrogen-bond donors (Lipinski definition) is 2. The number of aliphatic hydroxyl groups excluding tert-OH is 1. The molecule has 20 heavy (non-hydrogen) atoms. The number of thiazole rings is 1. The normalized spacial score (nSPS) is 12.3. The molecule has 0 spiro atoms. The quantitative estimate of drug-likeness (QED) is 0.818. The topological polar surface area (TPSA) is 54.4 Å². The maximum absolute atomic E-state index is 9.82. The summed E-state index contributed by atoms with van der Waals surface area (Å²) in [5.74, 6) is 0.473. The van der Waals surface area contributed by atoms with Crippen LogP contribution in [0.3, 0.4) is 0 Å². The molecule has 108 valence electrons. The van der Waals surface area contributed by atoms with E-state index in [1.54, 1.807) is 41.2 Å². The van der Waals surface area contributed by atoms with E-state index in [1.807, 2.05) is 0 Å². The van der Waals surface area contributed by atoms with Gasteiger partial charge in [0.15, 0.2) is 0 Å². The number of rotatable bonds is 7. The lowest BCUT2D eigenvalue weighted by Crippen LogP contribution is -2.31. The summed E-state index contributed by atoms with van der Waals surface area (Å²) in [6.45, 7) is 1.26. The van der Waals surface area contributed by atoms with E-state index in [9.17, 15) is 5.11 Å². The Balaban J connectivity index is 1.71. The van der Waals surface area contributed by atoms with Crippen LogP contribution in [-0.4, -0.2) is 29.3 Å². The van der Waals surface area contributed by atoms with Crippen molar-refractivity contribution < 1.29 is 9.84 Å². The van der Waals surface area contributed by atoms with E-state index < -0.39 is 6.10 Å². The van der Waals surface area contributed by atoms with Crippen molar-refractivity contribution in [3.05, 3.63) is 44.8 Å². The second-order valence-electron chi connectivity index (χ2n) is 4.14. The summed E-state index contributed by atoms with van der Waals surface area (Å²) in [5.41, 5.74) is 1.78. The summed E-state index contributed by atoms with van der Waals surface area (Å²) >= 11 is 13.4. The molecule has 1 aromatic heterocycles. The molecule has 7 heteroatoms. The van der Waals surface area contributed by atoms with Crippen molar-refractivity contribution in [1.29, 1.82) is 0 Å². The maximum Gasteiger partial charge on any atom is 0.139 e. The van der Waals surface area contributed by atoms with Gasteiger partial charge in [-0.1, -0.05) is 23.2 Å². The highest BCUT2D eigenvalue weighted by Crippen LogP contribution is 2.27. The molecule has 0 amide bonds. The Kier molecular flexibility index (Phi) is 6.06. The van der Waals surface area contributed by atoms with Crippen molar-refractivity contribution in [2.45, 2.75) is 12.6 Å². The molecule has 2 N–H and O–H groups in total. The molecule has 0 saturated carbocycles. The molecule has 1 heterocycles. The fraction of sp³-hybridized carbons (Fsp3) is 0.308. The van der Waals surface area contributed by atoms with E-state index >= 15 is 0 Å². The molecule has 1 aromatic carbocycles. The SMILES string of the molecule is OC(CNCc1cncs1)COc1cc(Cl)ccc1Cl. The molecule has 0 saturated heterocycles. The first-order valence-electron chi connectivity index (χ1n) is 5.99. The maximum atomic E-state index is 9.82. The fourth-order valence-electron chi connectivity index (χ4n) is 1.52. The number of hydrogen-bond acceptors (Lipinski definition) is 5. The second kappa shape index (κ2) is 7.81. The third-order valence-electron chi connectivity index (χ3n) is 2.49. The largest absolute Gasteiger partial charge is 0.489 e.